The molecule has 1 heterocycles. The predicted molar refractivity (Wildman–Crippen MR) is 62.5 cm³/mol. The Labute approximate surface area is 89.7 Å². The average molecular weight is 211 g/mol. The van der Waals surface area contributed by atoms with Gasteiger partial charge >= 0.3 is 0 Å². The van der Waals surface area contributed by atoms with Crippen LogP contribution in [0.1, 0.15) is 6.42 Å². The van der Waals surface area contributed by atoms with Gasteiger partial charge in [-0.1, -0.05) is 0 Å². The van der Waals surface area contributed by atoms with Crippen molar-refractivity contribution in [1.82, 2.24) is 9.88 Å². The summed E-state index contributed by atoms with van der Waals surface area (Å²) in [7, 11) is 4.19. The van der Waals surface area contributed by atoms with Crippen LogP contribution in [0.15, 0.2) is 23.2 Å². The Balaban J connectivity index is 2.21. The monoisotopic (exact) mass is 211 g/mol. The van der Waals surface area contributed by atoms with Crippen molar-refractivity contribution in [1.29, 1.82) is 0 Å². The highest BCUT2D eigenvalue weighted by Crippen LogP contribution is 2.17. The van der Waals surface area contributed by atoms with Crippen molar-refractivity contribution in [3.63, 3.8) is 0 Å². The molecule has 0 aliphatic carbocycles. The molecule has 0 bridgehead atoms. The van der Waals surface area contributed by atoms with Crippen molar-refractivity contribution in [2.45, 2.75) is 11.3 Å². The highest BCUT2D eigenvalue weighted by atomic mass is 32.2. The van der Waals surface area contributed by atoms with Crippen molar-refractivity contribution in [3.05, 3.63) is 18.3 Å². The fraction of sp³-hybridized carbons (Fsp3) is 0.500. The molecule has 4 heteroatoms. The first-order chi connectivity index (χ1) is 6.68. The maximum absolute atomic E-state index is 5.49. The molecule has 14 heavy (non-hydrogen) atoms. The number of hydrogen-bond donors (Lipinski definition) is 1. The second-order valence-electron chi connectivity index (χ2n) is 3.42. The van der Waals surface area contributed by atoms with Gasteiger partial charge in [-0.3, -0.25) is 0 Å². The van der Waals surface area contributed by atoms with Crippen molar-refractivity contribution >= 4 is 17.6 Å². The van der Waals surface area contributed by atoms with Gasteiger partial charge in [-0.2, -0.15) is 0 Å². The third-order valence-corrected chi connectivity index (χ3v) is 2.85. The number of rotatable bonds is 5. The van der Waals surface area contributed by atoms with Crippen LogP contribution in [0.25, 0.3) is 0 Å². The quantitative estimate of drug-likeness (QED) is 0.594. The fourth-order valence-electron chi connectivity index (χ4n) is 1.05. The molecule has 2 N–H and O–H groups in total. The molecule has 0 atom stereocenters. The maximum atomic E-state index is 5.49. The van der Waals surface area contributed by atoms with Crippen LogP contribution in [0.3, 0.4) is 0 Å². The zero-order valence-corrected chi connectivity index (χ0v) is 9.55. The molecule has 0 radical (unpaired) electrons. The minimum absolute atomic E-state index is 0.586. The zero-order chi connectivity index (χ0) is 10.4. The summed E-state index contributed by atoms with van der Waals surface area (Å²) in [4.78, 5) is 7.43. The largest absolute Gasteiger partial charge is 0.384 e. The van der Waals surface area contributed by atoms with E-state index in [0.29, 0.717) is 5.82 Å². The van der Waals surface area contributed by atoms with Crippen molar-refractivity contribution < 1.29 is 0 Å². The van der Waals surface area contributed by atoms with Crippen LogP contribution in [-0.2, 0) is 0 Å². The van der Waals surface area contributed by atoms with Crippen LogP contribution in [0, 0.1) is 0 Å². The molecule has 0 fully saturated rings. The van der Waals surface area contributed by atoms with Gasteiger partial charge in [0.25, 0.3) is 0 Å². The van der Waals surface area contributed by atoms with Crippen LogP contribution >= 0.6 is 11.8 Å². The topological polar surface area (TPSA) is 42.1 Å². The Bertz CT molecular complexity index is 259. The van der Waals surface area contributed by atoms with E-state index in [1.54, 1.807) is 0 Å². The van der Waals surface area contributed by atoms with E-state index in [1.165, 1.54) is 11.3 Å². The lowest BCUT2D eigenvalue weighted by Crippen LogP contribution is -2.13. The number of pyridine rings is 1. The van der Waals surface area contributed by atoms with Gasteiger partial charge in [-0.15, -0.1) is 11.8 Å². The Hall–Kier alpha value is -0.740. The zero-order valence-electron chi connectivity index (χ0n) is 8.73. The van der Waals surface area contributed by atoms with Crippen molar-refractivity contribution in [2.75, 3.05) is 32.1 Å². The smallest absolute Gasteiger partial charge is 0.123 e. The highest BCUT2D eigenvalue weighted by Gasteiger charge is 1.95. The van der Waals surface area contributed by atoms with Crippen molar-refractivity contribution in [3.8, 4) is 0 Å². The lowest BCUT2D eigenvalue weighted by atomic mass is 10.4. The molecule has 0 aliphatic rings. The molecule has 0 unspecified atom stereocenters. The summed E-state index contributed by atoms with van der Waals surface area (Å²) in [5.74, 6) is 1.71. The Morgan fingerprint density at radius 3 is 2.79 bits per heavy atom. The molecule has 1 aromatic rings. The summed E-state index contributed by atoms with van der Waals surface area (Å²) in [6, 6.07) is 3.86. The normalized spacial score (nSPS) is 10.8. The summed E-state index contributed by atoms with van der Waals surface area (Å²) in [5, 5.41) is 0. The summed E-state index contributed by atoms with van der Waals surface area (Å²) in [6.45, 7) is 1.13. The first-order valence-corrected chi connectivity index (χ1v) is 5.66. The third-order valence-electron chi connectivity index (χ3n) is 1.78. The molecule has 0 saturated heterocycles. The van der Waals surface area contributed by atoms with Gasteiger partial charge in [-0.05, 0) is 44.9 Å². The van der Waals surface area contributed by atoms with E-state index in [0.717, 1.165) is 12.3 Å². The van der Waals surface area contributed by atoms with Gasteiger partial charge in [0.05, 0.1) is 0 Å². The van der Waals surface area contributed by atoms with E-state index in [1.807, 2.05) is 30.1 Å². The molecule has 78 valence electrons. The van der Waals surface area contributed by atoms with Gasteiger partial charge in [0.1, 0.15) is 5.82 Å². The molecule has 0 spiro atoms. The predicted octanol–water partition coefficient (Wildman–Crippen LogP) is 1.71. The van der Waals surface area contributed by atoms with Crippen LogP contribution in [0.2, 0.25) is 0 Å². The van der Waals surface area contributed by atoms with Crippen LogP contribution < -0.4 is 5.73 Å². The van der Waals surface area contributed by atoms with Crippen molar-refractivity contribution in [2.24, 2.45) is 0 Å². The van der Waals surface area contributed by atoms with E-state index < -0.39 is 0 Å². The summed E-state index contributed by atoms with van der Waals surface area (Å²) in [5.41, 5.74) is 5.49. The molecule has 1 aromatic heterocycles. The minimum atomic E-state index is 0.586. The summed E-state index contributed by atoms with van der Waals surface area (Å²) < 4.78 is 0. The Morgan fingerprint density at radius 2 is 2.21 bits per heavy atom. The second-order valence-corrected chi connectivity index (χ2v) is 4.59. The molecular weight excluding hydrogens is 194 g/mol. The number of anilines is 1. The minimum Gasteiger partial charge on any atom is -0.384 e. The van der Waals surface area contributed by atoms with E-state index >= 15 is 0 Å². The molecule has 0 saturated carbocycles. The Morgan fingerprint density at radius 1 is 1.43 bits per heavy atom. The summed E-state index contributed by atoms with van der Waals surface area (Å²) in [6.07, 6.45) is 3.03. The fourth-order valence-corrected chi connectivity index (χ4v) is 1.85. The molecule has 0 amide bonds. The van der Waals surface area contributed by atoms with Gasteiger partial charge in [0, 0.05) is 11.1 Å². The lowest BCUT2D eigenvalue weighted by molar-refractivity contribution is 0.410. The number of hydrogen-bond acceptors (Lipinski definition) is 4. The van der Waals surface area contributed by atoms with E-state index in [-0.39, 0.29) is 0 Å². The molecular formula is C10H17N3S. The van der Waals surface area contributed by atoms with E-state index in [2.05, 4.69) is 24.0 Å². The van der Waals surface area contributed by atoms with Crippen LogP contribution in [0.4, 0.5) is 5.82 Å². The van der Waals surface area contributed by atoms with E-state index in [4.69, 9.17) is 5.73 Å². The average Bonchev–Trinajstić information content (AvgIpc) is 2.15. The first kappa shape index (κ1) is 11.3. The standard InChI is InChI=1S/C10H17N3S/c1-13(2)6-3-7-14-9-4-5-10(11)12-8-9/h4-5,8H,3,6-7H2,1-2H3,(H2,11,12). The molecule has 0 aliphatic heterocycles. The summed E-state index contributed by atoms with van der Waals surface area (Å²) >= 11 is 1.83. The van der Waals surface area contributed by atoms with Gasteiger partial charge < -0.3 is 10.6 Å². The number of nitrogens with two attached hydrogens (primary N) is 1. The van der Waals surface area contributed by atoms with Gasteiger partial charge in [-0.25, -0.2) is 4.98 Å². The Kier molecular flexibility index (Phi) is 4.76. The van der Waals surface area contributed by atoms with Crippen LogP contribution in [-0.4, -0.2) is 36.3 Å². The number of nitrogen functional groups attached to an aromatic ring is 1. The third kappa shape index (κ3) is 4.48. The van der Waals surface area contributed by atoms with Crippen LogP contribution in [0.5, 0.6) is 0 Å². The number of aromatic nitrogens is 1. The molecule has 3 nitrogen and oxygen atoms in total. The molecule has 1 rings (SSSR count). The highest BCUT2D eigenvalue weighted by molar-refractivity contribution is 7.99. The second kappa shape index (κ2) is 5.88. The SMILES string of the molecule is CN(C)CCCSc1ccc(N)nc1. The molecule has 0 aromatic carbocycles. The first-order valence-electron chi connectivity index (χ1n) is 4.67. The number of thioether (sulfide) groups is 1. The lowest BCUT2D eigenvalue weighted by Gasteiger charge is -2.08. The van der Waals surface area contributed by atoms with E-state index in [9.17, 15) is 0 Å². The number of nitrogens with zero attached hydrogens (tertiary/aromatic N) is 2. The van der Waals surface area contributed by atoms with Gasteiger partial charge in [0.2, 0.25) is 0 Å². The maximum Gasteiger partial charge on any atom is 0.123 e. The van der Waals surface area contributed by atoms with Gasteiger partial charge in [0.15, 0.2) is 0 Å².